The minimum atomic E-state index is 0.612. The molecule has 0 aliphatic heterocycles. The maximum absolute atomic E-state index is 5.31. The van der Waals surface area contributed by atoms with Crippen LogP contribution in [0.5, 0.6) is 0 Å². The molecule has 0 bridgehead atoms. The van der Waals surface area contributed by atoms with Crippen LogP contribution in [0.2, 0.25) is 0 Å². The molecule has 92 valence electrons. The summed E-state index contributed by atoms with van der Waals surface area (Å²) in [4.78, 5) is 2.34. The van der Waals surface area contributed by atoms with Gasteiger partial charge in [-0.15, -0.1) is 0 Å². The monoisotopic (exact) mass is 216 g/mol. The van der Waals surface area contributed by atoms with Gasteiger partial charge in [0.05, 0.1) is 6.61 Å². The van der Waals surface area contributed by atoms with Crippen molar-refractivity contribution in [2.75, 3.05) is 39.9 Å². The fourth-order valence-corrected chi connectivity index (χ4v) is 1.37. The second-order valence-electron chi connectivity index (χ2n) is 4.32. The fraction of sp³-hybridized carbons (Fsp3) is 1.00. The van der Waals surface area contributed by atoms with E-state index in [1.807, 2.05) is 6.92 Å². The Morgan fingerprint density at radius 2 is 1.93 bits per heavy atom. The Balaban J connectivity index is 3.13. The quantitative estimate of drug-likeness (QED) is 0.563. The molecule has 0 aromatic carbocycles. The zero-order chi connectivity index (χ0) is 11.5. The van der Waals surface area contributed by atoms with E-state index in [4.69, 9.17) is 4.74 Å². The molecule has 0 aromatic heterocycles. The van der Waals surface area contributed by atoms with Gasteiger partial charge in [-0.2, -0.15) is 0 Å². The van der Waals surface area contributed by atoms with Crippen molar-refractivity contribution in [3.05, 3.63) is 0 Å². The van der Waals surface area contributed by atoms with Crippen LogP contribution in [0.4, 0.5) is 0 Å². The third-order valence-electron chi connectivity index (χ3n) is 2.34. The minimum Gasteiger partial charge on any atom is -0.380 e. The van der Waals surface area contributed by atoms with E-state index in [1.54, 1.807) is 0 Å². The number of nitrogens with zero attached hydrogens (tertiary/aromatic N) is 1. The predicted octanol–water partition coefficient (Wildman–Crippen LogP) is 1.73. The minimum absolute atomic E-state index is 0.612. The van der Waals surface area contributed by atoms with E-state index in [2.05, 4.69) is 31.1 Å². The Labute approximate surface area is 95.2 Å². The van der Waals surface area contributed by atoms with E-state index in [1.165, 1.54) is 19.4 Å². The average molecular weight is 216 g/mol. The lowest BCUT2D eigenvalue weighted by atomic mass is 10.3. The zero-order valence-corrected chi connectivity index (χ0v) is 10.9. The molecule has 0 radical (unpaired) electrons. The highest BCUT2D eigenvalue weighted by Crippen LogP contribution is 1.92. The van der Waals surface area contributed by atoms with Crippen molar-refractivity contribution in [2.24, 2.45) is 0 Å². The first-order valence-electron chi connectivity index (χ1n) is 6.16. The number of hydrogen-bond acceptors (Lipinski definition) is 3. The summed E-state index contributed by atoms with van der Waals surface area (Å²) in [6, 6.07) is 0.612. The summed E-state index contributed by atoms with van der Waals surface area (Å²) in [7, 11) is 2.16. The molecule has 3 nitrogen and oxygen atoms in total. The molecule has 0 aliphatic rings. The van der Waals surface area contributed by atoms with E-state index >= 15 is 0 Å². The highest BCUT2D eigenvalue weighted by atomic mass is 16.5. The first-order chi connectivity index (χ1) is 7.16. The van der Waals surface area contributed by atoms with Gasteiger partial charge in [0.15, 0.2) is 0 Å². The van der Waals surface area contributed by atoms with Gasteiger partial charge in [0.1, 0.15) is 0 Å². The van der Waals surface area contributed by atoms with Crippen LogP contribution < -0.4 is 5.32 Å². The highest BCUT2D eigenvalue weighted by Gasteiger charge is 1.98. The highest BCUT2D eigenvalue weighted by molar-refractivity contribution is 4.55. The fourth-order valence-electron chi connectivity index (χ4n) is 1.37. The van der Waals surface area contributed by atoms with Crippen molar-refractivity contribution in [2.45, 2.75) is 39.7 Å². The van der Waals surface area contributed by atoms with Gasteiger partial charge in [-0.1, -0.05) is 13.8 Å². The van der Waals surface area contributed by atoms with Crippen molar-refractivity contribution in [3.8, 4) is 0 Å². The maximum atomic E-state index is 5.31. The van der Waals surface area contributed by atoms with Gasteiger partial charge < -0.3 is 15.0 Å². The molecular weight excluding hydrogens is 188 g/mol. The molecule has 15 heavy (non-hydrogen) atoms. The van der Waals surface area contributed by atoms with E-state index < -0.39 is 0 Å². The maximum Gasteiger partial charge on any atom is 0.0593 e. The zero-order valence-electron chi connectivity index (χ0n) is 10.9. The van der Waals surface area contributed by atoms with Gasteiger partial charge in [0, 0.05) is 19.2 Å². The molecule has 0 aliphatic carbocycles. The molecule has 0 atom stereocenters. The second-order valence-corrected chi connectivity index (χ2v) is 4.32. The number of nitrogens with one attached hydrogen (secondary N) is 1. The van der Waals surface area contributed by atoms with Crippen LogP contribution in [-0.2, 0) is 4.74 Å². The number of ether oxygens (including phenoxy) is 1. The third-order valence-corrected chi connectivity index (χ3v) is 2.34. The van der Waals surface area contributed by atoms with E-state index in [0.29, 0.717) is 6.04 Å². The van der Waals surface area contributed by atoms with E-state index in [9.17, 15) is 0 Å². The van der Waals surface area contributed by atoms with Gasteiger partial charge in [0.25, 0.3) is 0 Å². The molecule has 0 spiro atoms. The predicted molar refractivity (Wildman–Crippen MR) is 66.4 cm³/mol. The van der Waals surface area contributed by atoms with Gasteiger partial charge in [0.2, 0.25) is 0 Å². The Morgan fingerprint density at radius 3 is 2.53 bits per heavy atom. The number of hydrogen-bond donors (Lipinski definition) is 1. The molecule has 0 unspecified atom stereocenters. The first kappa shape index (κ1) is 14.9. The van der Waals surface area contributed by atoms with E-state index in [0.717, 1.165) is 26.3 Å². The normalized spacial score (nSPS) is 11.6. The molecule has 0 saturated heterocycles. The largest absolute Gasteiger partial charge is 0.380 e. The molecule has 0 heterocycles. The third kappa shape index (κ3) is 11.8. The summed E-state index contributed by atoms with van der Waals surface area (Å²) in [5, 5.41) is 3.43. The van der Waals surface area contributed by atoms with Crippen LogP contribution in [0, 0.1) is 0 Å². The van der Waals surface area contributed by atoms with Crippen molar-refractivity contribution < 1.29 is 4.74 Å². The Bertz CT molecular complexity index is 129. The first-order valence-corrected chi connectivity index (χ1v) is 6.16. The van der Waals surface area contributed by atoms with Crippen LogP contribution in [0.3, 0.4) is 0 Å². The SMILES string of the molecule is CCOCCN(C)CCCCNC(C)C. The Morgan fingerprint density at radius 1 is 1.20 bits per heavy atom. The van der Waals surface area contributed by atoms with Crippen molar-refractivity contribution in [3.63, 3.8) is 0 Å². The van der Waals surface area contributed by atoms with Crippen LogP contribution in [0.25, 0.3) is 0 Å². The number of unbranched alkanes of at least 4 members (excludes halogenated alkanes) is 1. The molecular formula is C12H28N2O. The lowest BCUT2D eigenvalue weighted by molar-refractivity contribution is 0.121. The van der Waals surface area contributed by atoms with Crippen molar-refractivity contribution >= 4 is 0 Å². The molecule has 0 saturated carbocycles. The molecule has 3 heteroatoms. The molecule has 0 aromatic rings. The smallest absolute Gasteiger partial charge is 0.0593 e. The summed E-state index contributed by atoms with van der Waals surface area (Å²) < 4.78 is 5.31. The summed E-state index contributed by atoms with van der Waals surface area (Å²) in [5.41, 5.74) is 0. The van der Waals surface area contributed by atoms with Crippen LogP contribution >= 0.6 is 0 Å². The molecule has 1 N–H and O–H groups in total. The van der Waals surface area contributed by atoms with Crippen molar-refractivity contribution in [1.82, 2.24) is 10.2 Å². The summed E-state index contributed by atoms with van der Waals surface area (Å²) in [6.07, 6.45) is 2.53. The van der Waals surface area contributed by atoms with Gasteiger partial charge >= 0.3 is 0 Å². The summed E-state index contributed by atoms with van der Waals surface area (Å²) in [5.74, 6) is 0. The molecule has 0 fully saturated rings. The summed E-state index contributed by atoms with van der Waals surface area (Å²) in [6.45, 7) is 11.5. The van der Waals surface area contributed by atoms with Gasteiger partial charge in [-0.05, 0) is 39.9 Å². The second kappa shape index (κ2) is 10.4. The lowest BCUT2D eigenvalue weighted by Gasteiger charge is -2.16. The number of likely N-dealkylation sites (N-methyl/N-ethyl adjacent to an activating group) is 1. The van der Waals surface area contributed by atoms with Gasteiger partial charge in [-0.25, -0.2) is 0 Å². The summed E-state index contributed by atoms with van der Waals surface area (Å²) >= 11 is 0. The van der Waals surface area contributed by atoms with Gasteiger partial charge in [-0.3, -0.25) is 0 Å². The van der Waals surface area contributed by atoms with Crippen LogP contribution in [0.15, 0.2) is 0 Å². The average Bonchev–Trinajstić information content (AvgIpc) is 2.17. The molecule has 0 rings (SSSR count). The van der Waals surface area contributed by atoms with Crippen LogP contribution in [0.1, 0.15) is 33.6 Å². The van der Waals surface area contributed by atoms with E-state index in [-0.39, 0.29) is 0 Å². The number of rotatable bonds is 10. The lowest BCUT2D eigenvalue weighted by Crippen LogP contribution is -2.27. The standard InChI is InChI=1S/C12H28N2O/c1-5-15-11-10-14(4)9-7-6-8-13-12(2)3/h12-13H,5-11H2,1-4H3. The van der Waals surface area contributed by atoms with Crippen molar-refractivity contribution in [1.29, 1.82) is 0 Å². The Hall–Kier alpha value is -0.120. The topological polar surface area (TPSA) is 24.5 Å². The Kier molecular flexibility index (Phi) is 10.3. The molecule has 0 amide bonds. The van der Waals surface area contributed by atoms with Crippen LogP contribution in [-0.4, -0.2) is 50.8 Å².